The van der Waals surface area contributed by atoms with Gasteiger partial charge < -0.3 is 10.2 Å². The fourth-order valence-corrected chi connectivity index (χ4v) is 3.00. The number of hydrogen-bond donors (Lipinski definition) is 1. The summed E-state index contributed by atoms with van der Waals surface area (Å²) in [6, 6.07) is 2.05. The molecule has 0 amide bonds. The van der Waals surface area contributed by atoms with Crippen LogP contribution < -0.4 is 10.2 Å². The van der Waals surface area contributed by atoms with Gasteiger partial charge >= 0.3 is 0 Å². The molecule has 0 bridgehead atoms. The van der Waals surface area contributed by atoms with Crippen LogP contribution in [0, 0.1) is 12.8 Å². The lowest BCUT2D eigenvalue weighted by atomic mass is 9.98. The van der Waals surface area contributed by atoms with E-state index in [-0.39, 0.29) is 0 Å². The lowest BCUT2D eigenvalue weighted by Crippen LogP contribution is -2.40. The average molecular weight is 312 g/mol. The molecule has 1 saturated heterocycles. The molecule has 0 spiro atoms. The minimum Gasteiger partial charge on any atom is -0.355 e. The summed E-state index contributed by atoms with van der Waals surface area (Å²) in [5, 5.41) is 3.46. The maximum Gasteiger partial charge on any atom is 0.143 e. The van der Waals surface area contributed by atoms with Crippen LogP contribution in [-0.4, -0.2) is 31.2 Å². The van der Waals surface area contributed by atoms with E-state index in [1.54, 1.807) is 0 Å². The highest BCUT2D eigenvalue weighted by molar-refractivity contribution is 9.10. The normalized spacial score (nSPS) is 20.2. The Hall–Kier alpha value is -0.610. The summed E-state index contributed by atoms with van der Waals surface area (Å²) in [6.07, 6.45) is 4.49. The zero-order valence-electron chi connectivity index (χ0n) is 11.2. The Morgan fingerprint density at radius 1 is 1.56 bits per heavy atom. The van der Waals surface area contributed by atoms with Gasteiger partial charge in [-0.05, 0) is 66.3 Å². The van der Waals surface area contributed by atoms with Crippen molar-refractivity contribution in [1.29, 1.82) is 0 Å². The van der Waals surface area contributed by atoms with E-state index in [9.17, 15) is 0 Å². The molecule has 0 radical (unpaired) electrons. The van der Waals surface area contributed by atoms with Crippen LogP contribution in [0.15, 0.2) is 16.7 Å². The first-order valence-corrected chi connectivity index (χ1v) is 7.58. The van der Waals surface area contributed by atoms with Crippen molar-refractivity contribution in [1.82, 2.24) is 10.3 Å². The number of aryl methyl sites for hydroxylation is 1. The van der Waals surface area contributed by atoms with Crippen molar-refractivity contribution in [2.75, 3.05) is 31.1 Å². The number of rotatable bonds is 4. The third-order valence-corrected chi connectivity index (χ3v) is 4.55. The Kier molecular flexibility index (Phi) is 5.01. The number of piperidine rings is 1. The van der Waals surface area contributed by atoms with Crippen molar-refractivity contribution in [3.05, 3.63) is 22.3 Å². The van der Waals surface area contributed by atoms with E-state index in [1.165, 1.54) is 18.4 Å². The standard InChI is InChI=1S/C14H22BrN3/c1-3-16-9-12-5-4-8-18(10-12)14-13(15)11(2)6-7-17-14/h6-7,12,16H,3-5,8-10H2,1-2H3. The van der Waals surface area contributed by atoms with E-state index in [1.807, 2.05) is 12.3 Å². The number of pyridine rings is 1. The first-order chi connectivity index (χ1) is 8.72. The molecule has 1 unspecified atom stereocenters. The van der Waals surface area contributed by atoms with E-state index in [0.29, 0.717) is 0 Å². The highest BCUT2D eigenvalue weighted by Crippen LogP contribution is 2.29. The van der Waals surface area contributed by atoms with Gasteiger partial charge in [0.1, 0.15) is 5.82 Å². The molecular formula is C14H22BrN3. The molecule has 0 aliphatic carbocycles. The van der Waals surface area contributed by atoms with Crippen molar-refractivity contribution >= 4 is 21.7 Å². The number of halogens is 1. The summed E-state index contributed by atoms with van der Waals surface area (Å²) in [5.41, 5.74) is 1.26. The SMILES string of the molecule is CCNCC1CCCN(c2nccc(C)c2Br)C1. The Labute approximate surface area is 118 Å². The molecular weight excluding hydrogens is 290 g/mol. The molecule has 3 nitrogen and oxygen atoms in total. The van der Waals surface area contributed by atoms with Gasteiger partial charge in [0.25, 0.3) is 0 Å². The first-order valence-electron chi connectivity index (χ1n) is 6.79. The molecule has 1 atom stereocenters. The molecule has 1 aromatic rings. The summed E-state index contributed by atoms with van der Waals surface area (Å²) in [5.74, 6) is 1.85. The van der Waals surface area contributed by atoms with Gasteiger partial charge in [0, 0.05) is 19.3 Å². The summed E-state index contributed by atoms with van der Waals surface area (Å²) in [7, 11) is 0. The molecule has 0 aromatic carbocycles. The zero-order valence-corrected chi connectivity index (χ0v) is 12.8. The van der Waals surface area contributed by atoms with Gasteiger partial charge in [-0.15, -0.1) is 0 Å². The summed E-state index contributed by atoms with van der Waals surface area (Å²) in [6.45, 7) is 8.70. The molecule has 1 N–H and O–H groups in total. The minimum absolute atomic E-state index is 0.743. The van der Waals surface area contributed by atoms with E-state index < -0.39 is 0 Å². The summed E-state index contributed by atoms with van der Waals surface area (Å²) < 4.78 is 1.15. The number of nitrogens with zero attached hydrogens (tertiary/aromatic N) is 2. The van der Waals surface area contributed by atoms with Crippen LogP contribution in [0.4, 0.5) is 5.82 Å². The summed E-state index contributed by atoms with van der Waals surface area (Å²) >= 11 is 3.67. The van der Waals surface area contributed by atoms with E-state index in [2.05, 4.69) is 45.0 Å². The monoisotopic (exact) mass is 311 g/mol. The van der Waals surface area contributed by atoms with Gasteiger partial charge in [0.2, 0.25) is 0 Å². The van der Waals surface area contributed by atoms with Crippen molar-refractivity contribution in [2.45, 2.75) is 26.7 Å². The fourth-order valence-electron chi connectivity index (χ4n) is 2.52. The number of hydrogen-bond acceptors (Lipinski definition) is 3. The molecule has 1 aliphatic rings. The predicted molar refractivity (Wildman–Crippen MR) is 80.2 cm³/mol. The topological polar surface area (TPSA) is 28.2 Å². The van der Waals surface area contributed by atoms with Crippen LogP contribution in [0.5, 0.6) is 0 Å². The molecule has 1 fully saturated rings. The number of nitrogens with one attached hydrogen (secondary N) is 1. The molecule has 2 rings (SSSR count). The van der Waals surface area contributed by atoms with Crippen LogP contribution >= 0.6 is 15.9 Å². The van der Waals surface area contributed by atoms with Crippen LogP contribution in [0.3, 0.4) is 0 Å². The Bertz CT molecular complexity index is 395. The average Bonchev–Trinajstić information content (AvgIpc) is 2.40. The van der Waals surface area contributed by atoms with Gasteiger partial charge in [-0.2, -0.15) is 0 Å². The third-order valence-electron chi connectivity index (χ3n) is 3.57. The number of anilines is 1. The predicted octanol–water partition coefficient (Wildman–Crippen LogP) is 2.98. The van der Waals surface area contributed by atoms with E-state index >= 15 is 0 Å². The van der Waals surface area contributed by atoms with Gasteiger partial charge in [0.05, 0.1) is 4.47 Å². The summed E-state index contributed by atoms with van der Waals surface area (Å²) in [4.78, 5) is 6.96. The van der Waals surface area contributed by atoms with Crippen molar-refractivity contribution in [3.63, 3.8) is 0 Å². The fraction of sp³-hybridized carbons (Fsp3) is 0.643. The van der Waals surface area contributed by atoms with Gasteiger partial charge in [-0.25, -0.2) is 4.98 Å². The molecule has 4 heteroatoms. The van der Waals surface area contributed by atoms with Crippen LogP contribution in [0.2, 0.25) is 0 Å². The largest absolute Gasteiger partial charge is 0.355 e. The minimum atomic E-state index is 0.743. The highest BCUT2D eigenvalue weighted by Gasteiger charge is 2.22. The lowest BCUT2D eigenvalue weighted by molar-refractivity contribution is 0.394. The maximum absolute atomic E-state index is 4.54. The second kappa shape index (κ2) is 6.53. The molecule has 2 heterocycles. The second-order valence-electron chi connectivity index (χ2n) is 5.03. The zero-order chi connectivity index (χ0) is 13.0. The van der Waals surface area contributed by atoms with Crippen molar-refractivity contribution in [2.24, 2.45) is 5.92 Å². The Balaban J connectivity index is 2.06. The maximum atomic E-state index is 4.54. The third kappa shape index (κ3) is 3.23. The van der Waals surface area contributed by atoms with Gasteiger partial charge in [-0.1, -0.05) is 6.92 Å². The van der Waals surface area contributed by atoms with Gasteiger partial charge in [0.15, 0.2) is 0 Å². The second-order valence-corrected chi connectivity index (χ2v) is 5.82. The lowest BCUT2D eigenvalue weighted by Gasteiger charge is -2.34. The molecule has 0 saturated carbocycles. The van der Waals surface area contributed by atoms with Crippen LogP contribution in [0.1, 0.15) is 25.3 Å². The van der Waals surface area contributed by atoms with Crippen LogP contribution in [0.25, 0.3) is 0 Å². The molecule has 18 heavy (non-hydrogen) atoms. The highest BCUT2D eigenvalue weighted by atomic mass is 79.9. The Morgan fingerprint density at radius 2 is 2.39 bits per heavy atom. The smallest absolute Gasteiger partial charge is 0.143 e. The van der Waals surface area contributed by atoms with E-state index in [0.717, 1.165) is 42.4 Å². The quantitative estimate of drug-likeness (QED) is 0.926. The van der Waals surface area contributed by atoms with Crippen LogP contribution in [-0.2, 0) is 0 Å². The molecule has 1 aliphatic heterocycles. The van der Waals surface area contributed by atoms with Crippen molar-refractivity contribution in [3.8, 4) is 0 Å². The van der Waals surface area contributed by atoms with Gasteiger partial charge in [-0.3, -0.25) is 0 Å². The van der Waals surface area contributed by atoms with Crippen molar-refractivity contribution < 1.29 is 0 Å². The molecule has 1 aromatic heterocycles. The van der Waals surface area contributed by atoms with E-state index in [4.69, 9.17) is 0 Å². The molecule has 100 valence electrons. The first kappa shape index (κ1) is 13.8. The Morgan fingerprint density at radius 3 is 3.17 bits per heavy atom. The number of aromatic nitrogens is 1.